The molecule has 0 aromatic heterocycles. The predicted molar refractivity (Wildman–Crippen MR) is 63.2 cm³/mol. The van der Waals surface area contributed by atoms with Crippen molar-refractivity contribution in [1.29, 1.82) is 0 Å². The highest BCUT2D eigenvalue weighted by molar-refractivity contribution is 6.30. The summed E-state index contributed by atoms with van der Waals surface area (Å²) in [7, 11) is 3.42. The molecule has 0 fully saturated rings. The van der Waals surface area contributed by atoms with E-state index >= 15 is 0 Å². The Morgan fingerprint density at radius 3 is 2.40 bits per heavy atom. The molecule has 3 heteroatoms. The maximum Gasteiger partial charge on any atom is 0.244 e. The van der Waals surface area contributed by atoms with Crippen LogP contribution in [-0.2, 0) is 4.79 Å². The normalized spacial score (nSPS) is 12.3. The van der Waals surface area contributed by atoms with Crippen molar-refractivity contribution < 1.29 is 4.79 Å². The van der Waals surface area contributed by atoms with Crippen LogP contribution >= 0.6 is 11.6 Å². The van der Waals surface area contributed by atoms with E-state index in [1.165, 1.54) is 10.5 Å². The van der Waals surface area contributed by atoms with Gasteiger partial charge in [-0.25, -0.2) is 0 Å². The highest BCUT2D eigenvalue weighted by Gasteiger charge is 2.20. The van der Waals surface area contributed by atoms with Crippen LogP contribution in [0, 0.1) is 13.8 Å². The summed E-state index contributed by atoms with van der Waals surface area (Å²) in [4.78, 5) is 13.2. The summed E-state index contributed by atoms with van der Waals surface area (Å²) in [6, 6.07) is 5.93. The molecule has 1 unspecified atom stereocenters. The quantitative estimate of drug-likeness (QED) is 0.709. The lowest BCUT2D eigenvalue weighted by atomic mass is 10.0. The molecule has 0 aliphatic rings. The minimum absolute atomic E-state index is 0.0800. The first-order valence-electron chi connectivity index (χ1n) is 4.86. The van der Waals surface area contributed by atoms with E-state index < -0.39 is 5.38 Å². The Balaban J connectivity index is 3.01. The molecule has 0 N–H and O–H groups in total. The molecular formula is C12H16ClNO. The van der Waals surface area contributed by atoms with Gasteiger partial charge >= 0.3 is 0 Å². The molecule has 2 nitrogen and oxygen atoms in total. The van der Waals surface area contributed by atoms with Crippen LogP contribution in [0.5, 0.6) is 0 Å². The number of benzene rings is 1. The third kappa shape index (κ3) is 2.72. The van der Waals surface area contributed by atoms with E-state index in [1.807, 2.05) is 32.0 Å². The van der Waals surface area contributed by atoms with Crippen LogP contribution < -0.4 is 0 Å². The van der Waals surface area contributed by atoms with Crippen LogP contribution in [0.25, 0.3) is 0 Å². The van der Waals surface area contributed by atoms with Crippen LogP contribution in [0.1, 0.15) is 22.1 Å². The number of aryl methyl sites for hydroxylation is 2. The van der Waals surface area contributed by atoms with Gasteiger partial charge in [-0.15, -0.1) is 11.6 Å². The van der Waals surface area contributed by atoms with Gasteiger partial charge in [0.25, 0.3) is 0 Å². The number of likely N-dealkylation sites (N-methyl/N-ethyl adjacent to an activating group) is 1. The van der Waals surface area contributed by atoms with Crippen molar-refractivity contribution in [2.24, 2.45) is 0 Å². The van der Waals surface area contributed by atoms with Crippen molar-refractivity contribution in [2.75, 3.05) is 14.1 Å². The standard InChI is InChI=1S/C12H16ClNO/c1-8-5-6-10(9(2)7-8)11(13)12(15)14(3)4/h5-7,11H,1-4H3. The topological polar surface area (TPSA) is 20.3 Å². The first-order chi connectivity index (χ1) is 6.93. The lowest BCUT2D eigenvalue weighted by Gasteiger charge is -2.17. The molecule has 1 rings (SSSR count). The zero-order valence-electron chi connectivity index (χ0n) is 9.54. The van der Waals surface area contributed by atoms with Crippen LogP contribution in [0.2, 0.25) is 0 Å². The summed E-state index contributed by atoms with van der Waals surface area (Å²) in [5, 5.41) is -0.583. The van der Waals surface area contributed by atoms with Gasteiger partial charge in [-0.1, -0.05) is 23.8 Å². The molecule has 0 saturated carbocycles. The molecule has 0 aliphatic heterocycles. The fourth-order valence-electron chi connectivity index (χ4n) is 1.47. The molecule has 0 heterocycles. The van der Waals surface area contributed by atoms with E-state index in [0.29, 0.717) is 0 Å². The molecule has 0 radical (unpaired) electrons. The molecule has 0 aliphatic carbocycles. The van der Waals surface area contributed by atoms with Crippen molar-refractivity contribution in [2.45, 2.75) is 19.2 Å². The second kappa shape index (κ2) is 4.67. The van der Waals surface area contributed by atoms with Gasteiger partial charge < -0.3 is 4.90 Å². The van der Waals surface area contributed by atoms with Gasteiger partial charge in [0.1, 0.15) is 5.38 Å². The van der Waals surface area contributed by atoms with Crippen LogP contribution in [0.4, 0.5) is 0 Å². The van der Waals surface area contributed by atoms with Crippen molar-refractivity contribution in [3.8, 4) is 0 Å². The van der Waals surface area contributed by atoms with E-state index in [4.69, 9.17) is 11.6 Å². The number of hydrogen-bond acceptors (Lipinski definition) is 1. The lowest BCUT2D eigenvalue weighted by Crippen LogP contribution is -2.25. The molecule has 15 heavy (non-hydrogen) atoms. The zero-order valence-corrected chi connectivity index (χ0v) is 10.3. The number of hydrogen-bond donors (Lipinski definition) is 0. The molecule has 1 amide bonds. The second-order valence-electron chi connectivity index (χ2n) is 3.96. The summed E-state index contributed by atoms with van der Waals surface area (Å²) < 4.78 is 0. The second-order valence-corrected chi connectivity index (χ2v) is 4.39. The van der Waals surface area contributed by atoms with E-state index in [-0.39, 0.29) is 5.91 Å². The Bertz CT molecular complexity index is 374. The van der Waals surface area contributed by atoms with Crippen LogP contribution in [0.3, 0.4) is 0 Å². The zero-order chi connectivity index (χ0) is 11.6. The highest BCUT2D eigenvalue weighted by atomic mass is 35.5. The third-order valence-electron chi connectivity index (χ3n) is 2.36. The van der Waals surface area contributed by atoms with E-state index in [1.54, 1.807) is 14.1 Å². The van der Waals surface area contributed by atoms with Gasteiger partial charge in [0, 0.05) is 14.1 Å². The fraction of sp³-hybridized carbons (Fsp3) is 0.417. The molecule has 0 bridgehead atoms. The van der Waals surface area contributed by atoms with Gasteiger partial charge in [0.2, 0.25) is 5.91 Å². The van der Waals surface area contributed by atoms with E-state index in [9.17, 15) is 4.79 Å². The first kappa shape index (κ1) is 12.1. The van der Waals surface area contributed by atoms with Crippen LogP contribution in [0.15, 0.2) is 18.2 Å². The van der Waals surface area contributed by atoms with Crippen LogP contribution in [-0.4, -0.2) is 24.9 Å². The molecule has 1 aromatic carbocycles. The predicted octanol–water partition coefficient (Wildman–Crippen LogP) is 2.67. The molecular weight excluding hydrogens is 210 g/mol. The molecule has 1 atom stereocenters. The number of amides is 1. The van der Waals surface area contributed by atoms with Gasteiger partial charge in [0.05, 0.1) is 0 Å². The average molecular weight is 226 g/mol. The maximum atomic E-state index is 11.7. The van der Waals surface area contributed by atoms with Crippen molar-refractivity contribution in [1.82, 2.24) is 4.90 Å². The van der Waals surface area contributed by atoms with Gasteiger partial charge in [-0.2, -0.15) is 0 Å². The summed E-state index contributed by atoms with van der Waals surface area (Å²) in [5.74, 6) is -0.0800. The van der Waals surface area contributed by atoms with Crippen molar-refractivity contribution in [3.63, 3.8) is 0 Å². The molecule has 0 spiro atoms. The number of halogens is 1. The minimum Gasteiger partial charge on any atom is -0.347 e. The SMILES string of the molecule is Cc1ccc(C(Cl)C(=O)N(C)C)c(C)c1. The van der Waals surface area contributed by atoms with Gasteiger partial charge in [-0.05, 0) is 25.0 Å². The summed E-state index contributed by atoms with van der Waals surface area (Å²) in [6.07, 6.45) is 0. The summed E-state index contributed by atoms with van der Waals surface area (Å²) in [6.45, 7) is 3.99. The Morgan fingerprint density at radius 2 is 1.93 bits per heavy atom. The minimum atomic E-state index is -0.583. The number of rotatable bonds is 2. The van der Waals surface area contributed by atoms with Gasteiger partial charge in [-0.3, -0.25) is 4.79 Å². The average Bonchev–Trinajstić information content (AvgIpc) is 2.15. The third-order valence-corrected chi connectivity index (χ3v) is 2.78. The Hall–Kier alpha value is -1.02. The Kier molecular flexibility index (Phi) is 3.75. The smallest absolute Gasteiger partial charge is 0.244 e. The number of carbonyl (C=O) groups excluding carboxylic acids is 1. The Morgan fingerprint density at radius 1 is 1.33 bits per heavy atom. The molecule has 82 valence electrons. The molecule has 0 saturated heterocycles. The van der Waals surface area contributed by atoms with E-state index in [0.717, 1.165) is 11.1 Å². The van der Waals surface area contributed by atoms with Crippen molar-refractivity contribution in [3.05, 3.63) is 34.9 Å². The van der Waals surface area contributed by atoms with Crippen molar-refractivity contribution >= 4 is 17.5 Å². The van der Waals surface area contributed by atoms with E-state index in [2.05, 4.69) is 0 Å². The monoisotopic (exact) mass is 225 g/mol. The largest absolute Gasteiger partial charge is 0.347 e. The summed E-state index contributed by atoms with van der Waals surface area (Å²) in [5.41, 5.74) is 3.13. The number of carbonyl (C=O) groups is 1. The van der Waals surface area contributed by atoms with Gasteiger partial charge in [0.15, 0.2) is 0 Å². The molecule has 1 aromatic rings. The maximum absolute atomic E-state index is 11.7. The first-order valence-corrected chi connectivity index (χ1v) is 5.29. The lowest BCUT2D eigenvalue weighted by molar-refractivity contribution is -0.128. The highest BCUT2D eigenvalue weighted by Crippen LogP contribution is 2.25. The fourth-order valence-corrected chi connectivity index (χ4v) is 1.91. The Labute approximate surface area is 95.8 Å². The number of nitrogens with zero attached hydrogens (tertiary/aromatic N) is 1. The number of alkyl halides is 1. The summed E-state index contributed by atoms with van der Waals surface area (Å²) >= 11 is 6.12.